The molecule has 2 unspecified atom stereocenters. The minimum atomic E-state index is 0.0398. The summed E-state index contributed by atoms with van der Waals surface area (Å²) in [7, 11) is 0. The highest BCUT2D eigenvalue weighted by molar-refractivity contribution is 9.10. The Labute approximate surface area is 115 Å². The summed E-state index contributed by atoms with van der Waals surface area (Å²) in [5.41, 5.74) is 2.14. The van der Waals surface area contributed by atoms with Gasteiger partial charge in [0.2, 0.25) is 5.91 Å². The van der Waals surface area contributed by atoms with E-state index in [1.54, 1.807) is 0 Å². The van der Waals surface area contributed by atoms with Gasteiger partial charge in [0.15, 0.2) is 0 Å². The average Bonchev–Trinajstić information content (AvgIpc) is 2.66. The molecule has 1 fully saturated rings. The molecule has 0 aliphatic carbocycles. The van der Waals surface area contributed by atoms with Crippen LogP contribution in [0, 0.1) is 5.92 Å². The number of hydrogen-bond donors (Lipinski definition) is 2. The van der Waals surface area contributed by atoms with Crippen LogP contribution in [0.4, 0.5) is 5.69 Å². The average molecular weight is 309 g/mol. The lowest BCUT2D eigenvalue weighted by Gasteiger charge is -2.24. The summed E-state index contributed by atoms with van der Waals surface area (Å²) in [5, 5.41) is 6.41. The van der Waals surface area contributed by atoms with Gasteiger partial charge in [-0.1, -0.05) is 22.0 Å². The van der Waals surface area contributed by atoms with E-state index in [0.717, 1.165) is 35.2 Å². The van der Waals surface area contributed by atoms with Gasteiger partial charge in [-0.2, -0.15) is 0 Å². The molecule has 0 saturated carbocycles. The van der Waals surface area contributed by atoms with Crippen molar-refractivity contribution in [1.29, 1.82) is 0 Å². The Morgan fingerprint density at radius 1 is 1.39 bits per heavy atom. The highest BCUT2D eigenvalue weighted by atomic mass is 79.9. The first-order valence-corrected chi connectivity index (χ1v) is 7.34. The molecule has 2 atom stereocenters. The molecule has 2 aliphatic rings. The number of carbonyl (C=O) groups is 1. The van der Waals surface area contributed by atoms with Crippen molar-refractivity contribution in [3.63, 3.8) is 0 Å². The number of hydrogen-bond acceptors (Lipinski definition) is 2. The number of carbonyl (C=O) groups excluding carboxylic acids is 1. The second-order valence-electron chi connectivity index (χ2n) is 5.22. The molecule has 0 spiro atoms. The summed E-state index contributed by atoms with van der Waals surface area (Å²) < 4.78 is 1.02. The van der Waals surface area contributed by atoms with E-state index in [2.05, 4.69) is 32.6 Å². The third-order valence-electron chi connectivity index (χ3n) is 3.93. The molecule has 3 nitrogen and oxygen atoms in total. The van der Waals surface area contributed by atoms with Crippen LogP contribution in [-0.2, 0) is 4.79 Å². The monoisotopic (exact) mass is 308 g/mol. The number of fused-ring (bicyclic) bond motifs is 1. The summed E-state index contributed by atoms with van der Waals surface area (Å²) in [4.78, 5) is 12.1. The molecule has 1 aromatic rings. The van der Waals surface area contributed by atoms with E-state index in [1.807, 2.05) is 12.1 Å². The van der Waals surface area contributed by atoms with Crippen molar-refractivity contribution in [2.24, 2.45) is 5.92 Å². The largest absolute Gasteiger partial charge is 0.325 e. The molecule has 18 heavy (non-hydrogen) atoms. The first-order valence-electron chi connectivity index (χ1n) is 6.55. The highest BCUT2D eigenvalue weighted by Crippen LogP contribution is 2.38. The van der Waals surface area contributed by atoms with Gasteiger partial charge in [-0.25, -0.2) is 0 Å². The smallest absolute Gasteiger partial charge is 0.232 e. The molecular weight excluding hydrogens is 292 g/mol. The van der Waals surface area contributed by atoms with E-state index >= 15 is 0 Å². The Bertz CT molecular complexity index is 469. The van der Waals surface area contributed by atoms with Crippen molar-refractivity contribution in [2.75, 3.05) is 18.4 Å². The fourth-order valence-electron chi connectivity index (χ4n) is 2.99. The van der Waals surface area contributed by atoms with E-state index in [1.165, 1.54) is 12.8 Å². The van der Waals surface area contributed by atoms with Crippen LogP contribution < -0.4 is 10.6 Å². The van der Waals surface area contributed by atoms with Crippen LogP contribution in [0.15, 0.2) is 22.7 Å². The lowest BCUT2D eigenvalue weighted by molar-refractivity contribution is -0.117. The van der Waals surface area contributed by atoms with Gasteiger partial charge in [0.05, 0.1) is 5.92 Å². The van der Waals surface area contributed by atoms with Crippen LogP contribution in [-0.4, -0.2) is 19.0 Å². The van der Waals surface area contributed by atoms with Gasteiger partial charge in [0.1, 0.15) is 0 Å². The zero-order valence-corrected chi connectivity index (χ0v) is 11.8. The maximum atomic E-state index is 12.1. The van der Waals surface area contributed by atoms with Crippen LogP contribution in [0.3, 0.4) is 0 Å². The second-order valence-corrected chi connectivity index (χ2v) is 6.14. The molecule has 0 aromatic heterocycles. The zero-order chi connectivity index (χ0) is 12.5. The van der Waals surface area contributed by atoms with Crippen molar-refractivity contribution in [1.82, 2.24) is 5.32 Å². The molecular formula is C14H17BrN2O. The molecule has 2 heterocycles. The predicted molar refractivity (Wildman–Crippen MR) is 75.7 cm³/mol. The van der Waals surface area contributed by atoms with Crippen molar-refractivity contribution in [3.05, 3.63) is 28.2 Å². The van der Waals surface area contributed by atoms with E-state index in [9.17, 15) is 4.79 Å². The van der Waals surface area contributed by atoms with E-state index in [0.29, 0.717) is 5.92 Å². The summed E-state index contributed by atoms with van der Waals surface area (Å²) >= 11 is 3.44. The maximum Gasteiger partial charge on any atom is 0.232 e. The van der Waals surface area contributed by atoms with Crippen LogP contribution in [0.5, 0.6) is 0 Å². The van der Waals surface area contributed by atoms with Gasteiger partial charge in [0, 0.05) is 10.2 Å². The van der Waals surface area contributed by atoms with Gasteiger partial charge in [-0.3, -0.25) is 4.79 Å². The van der Waals surface area contributed by atoms with E-state index in [4.69, 9.17) is 0 Å². The quantitative estimate of drug-likeness (QED) is 0.882. The van der Waals surface area contributed by atoms with Crippen molar-refractivity contribution >= 4 is 27.5 Å². The maximum absolute atomic E-state index is 12.1. The third kappa shape index (κ3) is 2.31. The van der Waals surface area contributed by atoms with Crippen LogP contribution >= 0.6 is 15.9 Å². The fourth-order valence-corrected chi connectivity index (χ4v) is 3.36. The lowest BCUT2D eigenvalue weighted by Crippen LogP contribution is -2.31. The minimum Gasteiger partial charge on any atom is -0.325 e. The summed E-state index contributed by atoms with van der Waals surface area (Å²) in [6, 6.07) is 6.08. The molecule has 2 N–H and O–H groups in total. The zero-order valence-electron chi connectivity index (χ0n) is 10.2. The number of halogens is 1. The molecule has 0 bridgehead atoms. The van der Waals surface area contributed by atoms with Crippen molar-refractivity contribution in [2.45, 2.75) is 25.2 Å². The summed E-state index contributed by atoms with van der Waals surface area (Å²) in [6.07, 6.45) is 3.43. The lowest BCUT2D eigenvalue weighted by atomic mass is 9.86. The normalized spacial score (nSPS) is 26.8. The van der Waals surface area contributed by atoms with Gasteiger partial charge in [0.25, 0.3) is 0 Å². The number of anilines is 1. The Morgan fingerprint density at radius 3 is 3.06 bits per heavy atom. The Hall–Kier alpha value is -0.870. The molecule has 3 rings (SSSR count). The molecule has 1 saturated heterocycles. The topological polar surface area (TPSA) is 41.1 Å². The molecule has 96 valence electrons. The Balaban J connectivity index is 1.78. The van der Waals surface area contributed by atoms with E-state index < -0.39 is 0 Å². The number of rotatable bonds is 2. The number of benzene rings is 1. The first-order chi connectivity index (χ1) is 8.74. The van der Waals surface area contributed by atoms with E-state index in [-0.39, 0.29) is 11.8 Å². The predicted octanol–water partition coefficient (Wildman–Crippen LogP) is 2.87. The SMILES string of the molecule is O=C1Nc2cc(Br)ccc2C1CC1CCCNC1. The molecule has 1 amide bonds. The summed E-state index contributed by atoms with van der Waals surface area (Å²) in [6.45, 7) is 2.17. The second kappa shape index (κ2) is 5.02. The van der Waals surface area contributed by atoms with Gasteiger partial charge >= 0.3 is 0 Å². The molecule has 0 radical (unpaired) electrons. The van der Waals surface area contributed by atoms with Crippen LogP contribution in [0.25, 0.3) is 0 Å². The minimum absolute atomic E-state index is 0.0398. The van der Waals surface area contributed by atoms with Gasteiger partial charge < -0.3 is 10.6 Å². The first kappa shape index (κ1) is 12.2. The standard InChI is InChI=1S/C14H17BrN2O/c15-10-3-4-11-12(14(18)17-13(11)7-10)6-9-2-1-5-16-8-9/h3-4,7,9,12,16H,1-2,5-6,8H2,(H,17,18). The van der Waals surface area contributed by atoms with Crippen LogP contribution in [0.2, 0.25) is 0 Å². The molecule has 2 aliphatic heterocycles. The van der Waals surface area contributed by atoms with Crippen molar-refractivity contribution < 1.29 is 4.79 Å². The third-order valence-corrected chi connectivity index (χ3v) is 4.43. The highest BCUT2D eigenvalue weighted by Gasteiger charge is 2.32. The summed E-state index contributed by atoms with van der Waals surface area (Å²) in [5.74, 6) is 0.829. The fraction of sp³-hybridized carbons (Fsp3) is 0.500. The molecule has 4 heteroatoms. The van der Waals surface area contributed by atoms with Gasteiger partial charge in [-0.05, 0) is 56.0 Å². The Kier molecular flexibility index (Phi) is 3.39. The van der Waals surface area contributed by atoms with Gasteiger partial charge in [-0.15, -0.1) is 0 Å². The molecule has 1 aromatic carbocycles. The Morgan fingerprint density at radius 2 is 2.28 bits per heavy atom. The number of piperidine rings is 1. The van der Waals surface area contributed by atoms with Crippen LogP contribution in [0.1, 0.15) is 30.7 Å². The number of nitrogens with one attached hydrogen (secondary N) is 2. The number of amides is 1. The van der Waals surface area contributed by atoms with Crippen molar-refractivity contribution in [3.8, 4) is 0 Å².